The molecule has 0 aliphatic carbocycles. The quantitative estimate of drug-likeness (QED) is 0.185. The van der Waals surface area contributed by atoms with Crippen molar-refractivity contribution < 1.29 is 23.4 Å². The third kappa shape index (κ3) is 7.11. The lowest BCUT2D eigenvalue weighted by molar-refractivity contribution is -0.126. The van der Waals surface area contributed by atoms with E-state index in [1.807, 2.05) is 11.0 Å². The van der Waals surface area contributed by atoms with Gasteiger partial charge in [-0.05, 0) is 63.2 Å². The molecule has 10 nitrogen and oxygen atoms in total. The molecule has 4 aromatic rings. The monoisotopic (exact) mass is 719 g/mol. The number of hydrogen-bond acceptors (Lipinski definition) is 9. The number of fused-ring (bicyclic) bond motifs is 3. The number of aliphatic hydroxyl groups is 1. The van der Waals surface area contributed by atoms with Crippen molar-refractivity contribution in [1.29, 1.82) is 0 Å². The summed E-state index contributed by atoms with van der Waals surface area (Å²) in [6.07, 6.45) is 10.3. The van der Waals surface area contributed by atoms with Crippen molar-refractivity contribution >= 4 is 45.0 Å². The lowest BCUT2D eigenvalue weighted by Crippen LogP contribution is -2.48. The highest BCUT2D eigenvalue weighted by molar-refractivity contribution is 6.36. The number of carbonyl (C=O) groups is 1. The second-order valence-electron chi connectivity index (χ2n) is 13.7. The molecule has 7 rings (SSSR count). The molecule has 3 aliphatic heterocycles. The maximum absolute atomic E-state index is 16.8. The summed E-state index contributed by atoms with van der Waals surface area (Å²) >= 11 is 6.43. The Morgan fingerprint density at radius 2 is 1.84 bits per heavy atom. The second kappa shape index (κ2) is 15.3. The highest BCUT2D eigenvalue weighted by atomic mass is 35.5. The van der Waals surface area contributed by atoms with Gasteiger partial charge in [0.15, 0.2) is 5.82 Å². The number of aromatic nitrogens is 3. The molecular weight excluding hydrogens is 676 g/mol. The van der Waals surface area contributed by atoms with Crippen LogP contribution in [0.25, 0.3) is 32.9 Å². The number of rotatable bonds is 12. The summed E-state index contributed by atoms with van der Waals surface area (Å²) in [5.41, 5.74) is 0.360. The SMILES string of the molecule is CCCN(C/C=C/C(=O)N1CCN(c2nc(OCC34CCCN3CCC4)nc3c(F)c(-c4cccc5ccc(F)c(Cl)c45)ncc23)CC1)CCO. The molecule has 2 aromatic carbocycles. The van der Waals surface area contributed by atoms with E-state index in [-0.39, 0.29) is 40.3 Å². The van der Waals surface area contributed by atoms with Gasteiger partial charge in [-0.15, -0.1) is 0 Å². The fourth-order valence-corrected chi connectivity index (χ4v) is 8.25. The molecule has 0 atom stereocenters. The van der Waals surface area contributed by atoms with Crippen molar-refractivity contribution in [3.8, 4) is 17.3 Å². The van der Waals surface area contributed by atoms with Crippen LogP contribution in [0, 0.1) is 11.6 Å². The molecule has 270 valence electrons. The predicted molar refractivity (Wildman–Crippen MR) is 195 cm³/mol. The Balaban J connectivity index is 1.19. The molecule has 3 aliphatic rings. The zero-order valence-corrected chi connectivity index (χ0v) is 29.7. The first-order valence-electron chi connectivity index (χ1n) is 18.0. The normalized spacial score (nSPS) is 17.8. The van der Waals surface area contributed by atoms with Crippen LogP contribution in [-0.4, -0.2) is 118 Å². The number of pyridine rings is 1. The number of aliphatic hydroxyl groups excluding tert-OH is 1. The molecule has 0 radical (unpaired) electrons. The van der Waals surface area contributed by atoms with E-state index < -0.39 is 11.6 Å². The van der Waals surface area contributed by atoms with Crippen LogP contribution in [0.4, 0.5) is 14.6 Å². The van der Waals surface area contributed by atoms with E-state index >= 15 is 4.39 Å². The van der Waals surface area contributed by atoms with E-state index in [2.05, 4.69) is 26.7 Å². The van der Waals surface area contributed by atoms with Crippen LogP contribution >= 0.6 is 11.6 Å². The molecule has 0 bridgehead atoms. The number of benzene rings is 2. The molecule has 3 saturated heterocycles. The van der Waals surface area contributed by atoms with Crippen LogP contribution in [0.3, 0.4) is 0 Å². The van der Waals surface area contributed by atoms with Crippen molar-refractivity contribution in [1.82, 2.24) is 29.7 Å². The molecule has 51 heavy (non-hydrogen) atoms. The average molecular weight is 720 g/mol. The molecule has 1 amide bonds. The minimum atomic E-state index is -0.674. The zero-order chi connectivity index (χ0) is 35.5. The molecule has 0 spiro atoms. The molecule has 0 saturated carbocycles. The Bertz CT molecular complexity index is 1920. The summed E-state index contributed by atoms with van der Waals surface area (Å²) < 4.78 is 37.8. The lowest BCUT2D eigenvalue weighted by atomic mass is 9.95. The number of amides is 1. The second-order valence-corrected chi connectivity index (χ2v) is 14.1. The Morgan fingerprint density at radius 1 is 1.06 bits per heavy atom. The van der Waals surface area contributed by atoms with Gasteiger partial charge in [0.25, 0.3) is 0 Å². The standard InChI is InChI=1S/C38H44ClF2N7O3/c1-2-14-45(22-23-49)15-4-9-30(50)46-18-20-47(21-19-46)36-28-24-42-34(27-8-3-7-26-10-11-29(40)32(39)31(26)27)33(41)35(28)43-37(44-36)51-25-38-12-5-16-48(38)17-6-13-38/h3-4,7-11,24,49H,2,5-6,12-23,25H2,1H3/b9-4+. The van der Waals surface area contributed by atoms with Gasteiger partial charge < -0.3 is 19.6 Å². The molecule has 3 fully saturated rings. The molecule has 13 heteroatoms. The van der Waals surface area contributed by atoms with E-state index in [9.17, 15) is 14.3 Å². The number of anilines is 1. The molecule has 0 unspecified atom stereocenters. The van der Waals surface area contributed by atoms with Gasteiger partial charge in [-0.25, -0.2) is 8.78 Å². The van der Waals surface area contributed by atoms with E-state index in [0.717, 1.165) is 51.7 Å². The van der Waals surface area contributed by atoms with Gasteiger partial charge in [0.1, 0.15) is 29.5 Å². The molecule has 5 heterocycles. The highest BCUT2D eigenvalue weighted by Gasteiger charge is 2.45. The largest absolute Gasteiger partial charge is 0.461 e. The van der Waals surface area contributed by atoms with E-state index in [4.69, 9.17) is 21.3 Å². The maximum Gasteiger partial charge on any atom is 0.319 e. The summed E-state index contributed by atoms with van der Waals surface area (Å²) in [5, 5.41) is 10.7. The van der Waals surface area contributed by atoms with E-state index in [1.54, 1.807) is 41.4 Å². The van der Waals surface area contributed by atoms with Crippen molar-refractivity contribution in [2.24, 2.45) is 0 Å². The Kier molecular flexibility index (Phi) is 10.7. The van der Waals surface area contributed by atoms with Gasteiger partial charge in [-0.1, -0.05) is 48.9 Å². The number of nitrogens with zero attached hydrogens (tertiary/aromatic N) is 7. The Morgan fingerprint density at radius 3 is 2.59 bits per heavy atom. The minimum Gasteiger partial charge on any atom is -0.461 e. The summed E-state index contributed by atoms with van der Waals surface area (Å²) in [5.74, 6) is -0.860. The van der Waals surface area contributed by atoms with Crippen LogP contribution in [0.2, 0.25) is 5.02 Å². The van der Waals surface area contributed by atoms with Gasteiger partial charge in [0, 0.05) is 62.5 Å². The van der Waals surface area contributed by atoms with Crippen LogP contribution in [-0.2, 0) is 4.79 Å². The molecule has 2 aromatic heterocycles. The van der Waals surface area contributed by atoms with Gasteiger partial charge in [-0.3, -0.25) is 19.6 Å². The summed E-state index contributed by atoms with van der Waals surface area (Å²) in [7, 11) is 0. The lowest BCUT2D eigenvalue weighted by Gasteiger charge is -2.35. The smallest absolute Gasteiger partial charge is 0.319 e. The molecular formula is C38H44ClF2N7O3. The predicted octanol–water partition coefficient (Wildman–Crippen LogP) is 5.69. The summed E-state index contributed by atoms with van der Waals surface area (Å²) in [6.45, 7) is 8.51. The van der Waals surface area contributed by atoms with Crippen molar-refractivity contribution in [2.75, 3.05) is 77.0 Å². The number of ether oxygens (including phenoxy) is 1. The van der Waals surface area contributed by atoms with Crippen molar-refractivity contribution in [3.63, 3.8) is 0 Å². The first-order chi connectivity index (χ1) is 24.8. The first kappa shape index (κ1) is 35.4. The zero-order valence-electron chi connectivity index (χ0n) is 29.0. The third-order valence-electron chi connectivity index (χ3n) is 10.6. The number of carbonyl (C=O) groups excluding carboxylic acids is 1. The number of piperazine rings is 1. The van der Waals surface area contributed by atoms with Crippen LogP contribution in [0.15, 0.2) is 48.7 Å². The number of halogens is 3. The van der Waals surface area contributed by atoms with Gasteiger partial charge in [0.2, 0.25) is 5.91 Å². The van der Waals surface area contributed by atoms with E-state index in [1.165, 1.54) is 6.07 Å². The third-order valence-corrected chi connectivity index (χ3v) is 11.0. The summed E-state index contributed by atoms with van der Waals surface area (Å²) in [4.78, 5) is 35.5. The first-order valence-corrected chi connectivity index (χ1v) is 18.3. The maximum atomic E-state index is 16.8. The Labute approximate surface area is 301 Å². The van der Waals surface area contributed by atoms with Gasteiger partial charge >= 0.3 is 6.01 Å². The van der Waals surface area contributed by atoms with Gasteiger partial charge in [0.05, 0.1) is 22.6 Å². The highest BCUT2D eigenvalue weighted by Crippen LogP contribution is 2.41. The van der Waals surface area contributed by atoms with Crippen LogP contribution in [0.5, 0.6) is 6.01 Å². The van der Waals surface area contributed by atoms with Crippen LogP contribution < -0.4 is 9.64 Å². The van der Waals surface area contributed by atoms with Crippen molar-refractivity contribution in [3.05, 3.63) is 65.3 Å². The van der Waals surface area contributed by atoms with Crippen molar-refractivity contribution in [2.45, 2.75) is 44.6 Å². The fraction of sp³-hybridized carbons (Fsp3) is 0.474. The minimum absolute atomic E-state index is 0.00579. The Hall–Kier alpha value is -3.97. The molecule has 1 N–H and O–H groups in total. The fourth-order valence-electron chi connectivity index (χ4n) is 7.98. The topological polar surface area (TPSA) is 98.2 Å². The van der Waals surface area contributed by atoms with Gasteiger partial charge in [-0.2, -0.15) is 9.97 Å². The number of hydrogen-bond donors (Lipinski definition) is 1. The van der Waals surface area contributed by atoms with E-state index in [0.29, 0.717) is 73.4 Å². The summed E-state index contributed by atoms with van der Waals surface area (Å²) in [6, 6.07) is 8.22. The average Bonchev–Trinajstić information content (AvgIpc) is 3.73. The van der Waals surface area contributed by atoms with Crippen LogP contribution in [0.1, 0.15) is 39.0 Å².